The first kappa shape index (κ1) is 46.2. The monoisotopic (exact) mass is 732 g/mol. The lowest BCUT2D eigenvalue weighted by Crippen LogP contribution is -2.49. The van der Waals surface area contributed by atoms with Crippen LogP contribution >= 0.6 is 0 Å². The SMILES string of the molecule is CC(C)C[C@H](NC(=O)[C@H]1O[C@@H]1C(=O)O)C(=O)NCCCCN=C(N)N.CC(C)C[C@H](NC(=O)[C@H]1O[C@@H]1C(=O)O)C(=O)NCCCCN=C(N)N.O. The second-order valence-corrected chi connectivity index (χ2v) is 12.6. The first-order chi connectivity index (χ1) is 23.4. The number of amides is 4. The van der Waals surface area contributed by atoms with E-state index in [1.165, 1.54) is 0 Å². The lowest BCUT2D eigenvalue weighted by atomic mass is 10.0. The number of hydrogen-bond acceptors (Lipinski definition) is 10. The number of nitrogens with one attached hydrogen (secondary N) is 4. The summed E-state index contributed by atoms with van der Waals surface area (Å²) in [4.78, 5) is 77.6. The van der Waals surface area contributed by atoms with Crippen LogP contribution in [0.1, 0.15) is 66.2 Å². The smallest absolute Gasteiger partial charge is 0.336 e. The Bertz CT molecular complexity index is 1130. The number of epoxide rings is 2. The number of hydrogen-bond donors (Lipinski definition) is 10. The number of carboxylic acid groups (broad SMARTS) is 2. The number of carboxylic acids is 2. The molecule has 21 heteroatoms. The summed E-state index contributed by atoms with van der Waals surface area (Å²) in [6.07, 6.45) is -0.609. The first-order valence-corrected chi connectivity index (χ1v) is 16.5. The van der Waals surface area contributed by atoms with Crippen molar-refractivity contribution in [2.24, 2.45) is 44.8 Å². The molecule has 0 aromatic heterocycles. The molecular weight excluding hydrogens is 676 g/mol. The Labute approximate surface area is 296 Å². The molecule has 0 saturated carbocycles. The topological polar surface area (TPSA) is 376 Å². The third-order valence-corrected chi connectivity index (χ3v) is 7.02. The number of ether oxygens (including phenoxy) is 2. The van der Waals surface area contributed by atoms with Gasteiger partial charge in [-0.2, -0.15) is 0 Å². The van der Waals surface area contributed by atoms with Gasteiger partial charge in [-0.25, -0.2) is 9.59 Å². The Morgan fingerprint density at radius 2 is 0.941 bits per heavy atom. The summed E-state index contributed by atoms with van der Waals surface area (Å²) in [5.41, 5.74) is 20.9. The normalized spacial score (nSPS) is 19.4. The van der Waals surface area contributed by atoms with Crippen LogP contribution in [0.15, 0.2) is 9.98 Å². The van der Waals surface area contributed by atoms with Gasteiger partial charge in [0.05, 0.1) is 0 Å². The van der Waals surface area contributed by atoms with E-state index in [0.29, 0.717) is 51.9 Å². The highest BCUT2D eigenvalue weighted by Gasteiger charge is 2.52. The average molecular weight is 733 g/mol. The Morgan fingerprint density at radius 1 is 0.608 bits per heavy atom. The zero-order chi connectivity index (χ0) is 38.0. The molecule has 0 aliphatic carbocycles. The molecule has 6 atom stereocenters. The Balaban J connectivity index is 0.000000962. The second-order valence-electron chi connectivity index (χ2n) is 12.6. The lowest BCUT2D eigenvalue weighted by molar-refractivity contribution is -0.139. The van der Waals surface area contributed by atoms with Gasteiger partial charge in [0.2, 0.25) is 11.8 Å². The average Bonchev–Trinajstić information content (AvgIpc) is 3.93. The fourth-order valence-corrected chi connectivity index (χ4v) is 4.47. The number of guanidine groups is 2. The minimum atomic E-state index is -1.19. The van der Waals surface area contributed by atoms with Crippen LogP contribution in [0, 0.1) is 11.8 Å². The van der Waals surface area contributed by atoms with Crippen molar-refractivity contribution in [3.63, 3.8) is 0 Å². The van der Waals surface area contributed by atoms with E-state index in [4.69, 9.17) is 42.6 Å². The van der Waals surface area contributed by atoms with E-state index in [-0.39, 0.29) is 41.0 Å². The largest absolute Gasteiger partial charge is 0.479 e. The molecule has 2 saturated heterocycles. The van der Waals surface area contributed by atoms with Gasteiger partial charge in [-0.05, 0) is 50.4 Å². The standard InChI is InChI=1S/2C15H27N5O5.H2O/c2*1-8(2)7-9(20-13(22)10-11(25-10)14(23)24)12(21)18-5-3-4-6-19-15(16)17;/h2*8-11H,3-7H2,1-2H3,(H,18,21)(H,20,22)(H,23,24)(H4,16,17,19);1H2/t2*9-,10-,11-;/m00./s1. The molecule has 292 valence electrons. The minimum absolute atomic E-state index is 0. The van der Waals surface area contributed by atoms with E-state index in [0.717, 1.165) is 12.8 Å². The minimum Gasteiger partial charge on any atom is -0.479 e. The van der Waals surface area contributed by atoms with E-state index in [9.17, 15) is 28.8 Å². The maximum absolute atomic E-state index is 12.3. The Morgan fingerprint density at radius 3 is 1.20 bits per heavy atom. The molecule has 2 aliphatic heterocycles. The molecule has 0 unspecified atom stereocenters. The molecule has 0 spiro atoms. The molecule has 16 N–H and O–H groups in total. The van der Waals surface area contributed by atoms with Crippen molar-refractivity contribution < 1.29 is 53.9 Å². The zero-order valence-electron chi connectivity index (χ0n) is 29.6. The van der Waals surface area contributed by atoms with Crippen molar-refractivity contribution in [2.45, 2.75) is 103 Å². The van der Waals surface area contributed by atoms with Crippen molar-refractivity contribution in [3.8, 4) is 0 Å². The molecule has 4 amide bonds. The third kappa shape index (κ3) is 19.9. The summed E-state index contributed by atoms with van der Waals surface area (Å²) in [6.45, 7) is 9.54. The summed E-state index contributed by atoms with van der Waals surface area (Å²) in [7, 11) is 0. The first-order valence-electron chi connectivity index (χ1n) is 16.5. The fraction of sp³-hybridized carbons (Fsp3) is 0.733. The molecule has 2 fully saturated rings. The molecule has 2 heterocycles. The number of nitrogens with zero attached hydrogens (tertiary/aromatic N) is 2. The summed E-state index contributed by atoms with van der Waals surface area (Å²) >= 11 is 0. The number of nitrogens with two attached hydrogens (primary N) is 4. The molecule has 0 aromatic carbocycles. The maximum Gasteiger partial charge on any atom is 0.336 e. The van der Waals surface area contributed by atoms with Crippen LogP contribution in [0.25, 0.3) is 0 Å². The number of aliphatic carboxylic acids is 2. The molecule has 2 rings (SSSR count). The molecular formula is C30H56N10O11. The van der Waals surface area contributed by atoms with Crippen LogP contribution in [0.3, 0.4) is 0 Å². The van der Waals surface area contributed by atoms with E-state index in [1.54, 1.807) is 0 Å². The molecule has 21 nitrogen and oxygen atoms in total. The highest BCUT2D eigenvalue weighted by Crippen LogP contribution is 2.23. The second kappa shape index (κ2) is 23.6. The summed E-state index contributed by atoms with van der Waals surface area (Å²) < 4.78 is 9.59. The van der Waals surface area contributed by atoms with Gasteiger partial charge in [-0.1, -0.05) is 27.7 Å². The predicted octanol–water partition coefficient (Wildman–Crippen LogP) is -3.75. The van der Waals surface area contributed by atoms with Gasteiger partial charge >= 0.3 is 11.9 Å². The van der Waals surface area contributed by atoms with Crippen molar-refractivity contribution in [1.82, 2.24) is 21.3 Å². The van der Waals surface area contributed by atoms with Gasteiger partial charge in [-0.3, -0.25) is 29.2 Å². The van der Waals surface area contributed by atoms with Crippen LogP contribution in [-0.4, -0.2) is 126 Å². The van der Waals surface area contributed by atoms with Crippen molar-refractivity contribution in [3.05, 3.63) is 0 Å². The van der Waals surface area contributed by atoms with Gasteiger partial charge in [0.25, 0.3) is 11.8 Å². The van der Waals surface area contributed by atoms with Crippen LogP contribution in [0.5, 0.6) is 0 Å². The van der Waals surface area contributed by atoms with Crippen molar-refractivity contribution in [1.29, 1.82) is 0 Å². The molecule has 0 aromatic rings. The van der Waals surface area contributed by atoms with Crippen LogP contribution < -0.4 is 44.2 Å². The predicted molar refractivity (Wildman–Crippen MR) is 185 cm³/mol. The maximum atomic E-state index is 12.3. The molecule has 2 aliphatic rings. The number of carbonyl (C=O) groups is 6. The highest BCUT2D eigenvalue weighted by molar-refractivity contribution is 5.96. The number of aliphatic imine (C=N–C) groups is 2. The quantitative estimate of drug-likeness (QED) is 0.0221. The van der Waals surface area contributed by atoms with E-state index in [1.807, 2.05) is 27.7 Å². The van der Waals surface area contributed by atoms with Gasteiger partial charge in [0, 0.05) is 26.2 Å². The Hall–Kier alpha value is -4.76. The van der Waals surface area contributed by atoms with Crippen LogP contribution in [0.2, 0.25) is 0 Å². The van der Waals surface area contributed by atoms with Gasteiger partial charge < -0.3 is 69.4 Å². The molecule has 51 heavy (non-hydrogen) atoms. The van der Waals surface area contributed by atoms with E-state index < -0.39 is 60.3 Å². The van der Waals surface area contributed by atoms with Gasteiger partial charge in [0.15, 0.2) is 36.3 Å². The summed E-state index contributed by atoms with van der Waals surface area (Å²) in [5, 5.41) is 28.2. The van der Waals surface area contributed by atoms with Crippen molar-refractivity contribution in [2.75, 3.05) is 26.2 Å². The number of rotatable bonds is 22. The Kier molecular flexibility index (Phi) is 21.4. The van der Waals surface area contributed by atoms with Gasteiger partial charge in [-0.15, -0.1) is 0 Å². The fourth-order valence-electron chi connectivity index (χ4n) is 4.47. The van der Waals surface area contributed by atoms with Crippen LogP contribution in [-0.2, 0) is 38.2 Å². The molecule has 0 radical (unpaired) electrons. The summed E-state index contributed by atoms with van der Waals surface area (Å²) in [6, 6.07) is -1.47. The van der Waals surface area contributed by atoms with Gasteiger partial charge in [0.1, 0.15) is 12.1 Å². The lowest BCUT2D eigenvalue weighted by Gasteiger charge is -2.19. The highest BCUT2D eigenvalue weighted by atomic mass is 16.6. The van der Waals surface area contributed by atoms with Crippen molar-refractivity contribution >= 4 is 47.5 Å². The summed E-state index contributed by atoms with van der Waals surface area (Å²) in [5.74, 6) is -3.75. The zero-order valence-corrected chi connectivity index (χ0v) is 29.6. The van der Waals surface area contributed by atoms with E-state index in [2.05, 4.69) is 31.3 Å². The number of unbranched alkanes of at least 4 members (excludes halogenated alkanes) is 2. The number of carbonyl (C=O) groups excluding carboxylic acids is 4. The van der Waals surface area contributed by atoms with E-state index >= 15 is 0 Å². The molecule has 0 bridgehead atoms. The third-order valence-electron chi connectivity index (χ3n) is 7.02. The van der Waals surface area contributed by atoms with Crippen LogP contribution in [0.4, 0.5) is 0 Å².